The summed E-state index contributed by atoms with van der Waals surface area (Å²) in [5, 5.41) is 0.430. The average Bonchev–Trinajstić information content (AvgIpc) is 3.72. The molecule has 0 spiro atoms. The minimum Gasteiger partial charge on any atom is -0.465 e. The van der Waals surface area contributed by atoms with Crippen molar-refractivity contribution in [2.45, 2.75) is 50.8 Å². The molecule has 3 heterocycles. The fourth-order valence-electron chi connectivity index (χ4n) is 5.19. The number of methoxy groups -OCH3 is 1. The van der Waals surface area contributed by atoms with Gasteiger partial charge in [-0.2, -0.15) is 4.31 Å². The van der Waals surface area contributed by atoms with Crippen molar-refractivity contribution in [3.05, 3.63) is 105 Å². The smallest absolute Gasteiger partial charge is 0.340 e. The van der Waals surface area contributed by atoms with Crippen LogP contribution in [0.1, 0.15) is 42.4 Å². The van der Waals surface area contributed by atoms with Gasteiger partial charge < -0.3 is 18.8 Å². The predicted molar refractivity (Wildman–Crippen MR) is 161 cm³/mol. The van der Waals surface area contributed by atoms with E-state index in [-0.39, 0.29) is 41.1 Å². The maximum Gasteiger partial charge on any atom is 0.340 e. The second kappa shape index (κ2) is 12.9. The monoisotopic (exact) mass is 624 g/mol. The number of carbonyl (C=O) groups is 2. The van der Waals surface area contributed by atoms with Gasteiger partial charge in [-0.25, -0.2) is 13.2 Å². The first-order valence-corrected chi connectivity index (χ1v) is 15.7. The summed E-state index contributed by atoms with van der Waals surface area (Å²) >= 11 is 6.00. The molecule has 2 aliphatic rings. The SMILES string of the molecule is COC(=O)C1=C(C)N(C[C@@H]2CCCO2)C(=O)/C1=C/c1ccc(CN(Cc2ccc(C)cc2)S(=O)(=O)c2ccc(Cl)cc2)o1. The van der Waals surface area contributed by atoms with Crippen molar-refractivity contribution >= 4 is 39.6 Å². The summed E-state index contributed by atoms with van der Waals surface area (Å²) in [5.74, 6) is -0.320. The molecule has 2 aromatic carbocycles. The molecule has 1 amide bonds. The lowest BCUT2D eigenvalue weighted by Crippen LogP contribution is -2.33. The molecular formula is C32H33ClN2O7S. The molecule has 0 saturated carbocycles. The number of allylic oxidation sites excluding steroid dienone is 1. The molecule has 1 fully saturated rings. The molecule has 43 heavy (non-hydrogen) atoms. The molecule has 0 bridgehead atoms. The Bertz CT molecular complexity index is 1670. The molecule has 5 rings (SSSR count). The lowest BCUT2D eigenvalue weighted by molar-refractivity contribution is -0.136. The number of ether oxygens (including phenoxy) is 2. The van der Waals surface area contributed by atoms with Gasteiger partial charge in [0.25, 0.3) is 5.91 Å². The molecule has 0 unspecified atom stereocenters. The molecule has 0 N–H and O–H groups in total. The van der Waals surface area contributed by atoms with Gasteiger partial charge in [-0.15, -0.1) is 0 Å². The maximum atomic E-state index is 13.7. The number of sulfonamides is 1. The first kappa shape index (κ1) is 30.7. The van der Waals surface area contributed by atoms with Crippen LogP contribution in [-0.2, 0) is 42.2 Å². The number of carbonyl (C=O) groups excluding carboxylic acids is 2. The van der Waals surface area contributed by atoms with Gasteiger partial charge in [0.1, 0.15) is 11.5 Å². The van der Waals surface area contributed by atoms with Gasteiger partial charge in [0.05, 0.1) is 42.3 Å². The summed E-state index contributed by atoms with van der Waals surface area (Å²) in [4.78, 5) is 27.8. The number of hydrogen-bond acceptors (Lipinski definition) is 7. The van der Waals surface area contributed by atoms with Crippen LogP contribution in [0, 0.1) is 6.92 Å². The van der Waals surface area contributed by atoms with Gasteiger partial charge in [-0.3, -0.25) is 4.79 Å². The van der Waals surface area contributed by atoms with E-state index in [0.717, 1.165) is 24.0 Å². The maximum absolute atomic E-state index is 13.7. The number of amides is 1. The zero-order chi connectivity index (χ0) is 30.7. The summed E-state index contributed by atoms with van der Waals surface area (Å²) in [6, 6.07) is 16.9. The third kappa shape index (κ3) is 6.78. The van der Waals surface area contributed by atoms with Crippen LogP contribution in [-0.4, -0.2) is 55.9 Å². The number of esters is 1. The second-order valence-electron chi connectivity index (χ2n) is 10.6. The molecule has 226 valence electrons. The highest BCUT2D eigenvalue weighted by Gasteiger charge is 2.38. The quantitative estimate of drug-likeness (QED) is 0.217. The highest BCUT2D eigenvalue weighted by atomic mass is 35.5. The Labute approximate surface area is 256 Å². The van der Waals surface area contributed by atoms with E-state index in [4.69, 9.17) is 25.5 Å². The van der Waals surface area contributed by atoms with Crippen LogP contribution >= 0.6 is 11.6 Å². The van der Waals surface area contributed by atoms with Gasteiger partial charge in [-0.05, 0) is 74.7 Å². The van der Waals surface area contributed by atoms with Gasteiger partial charge in [0, 0.05) is 23.9 Å². The first-order valence-electron chi connectivity index (χ1n) is 13.9. The number of aryl methyl sites for hydroxylation is 1. The minimum atomic E-state index is -3.94. The van der Waals surface area contributed by atoms with E-state index in [1.807, 2.05) is 31.2 Å². The van der Waals surface area contributed by atoms with Gasteiger partial charge in [-0.1, -0.05) is 41.4 Å². The van der Waals surface area contributed by atoms with Crippen LogP contribution in [0.15, 0.2) is 86.8 Å². The van der Waals surface area contributed by atoms with Crippen LogP contribution in [0.25, 0.3) is 6.08 Å². The Morgan fingerprint density at radius 1 is 1.07 bits per heavy atom. The molecule has 9 nitrogen and oxygen atoms in total. The van der Waals surface area contributed by atoms with E-state index in [1.54, 1.807) is 24.0 Å². The van der Waals surface area contributed by atoms with Crippen molar-refractivity contribution in [2.75, 3.05) is 20.3 Å². The first-order chi connectivity index (χ1) is 20.6. The minimum absolute atomic E-state index is 0.0696. The van der Waals surface area contributed by atoms with Crippen molar-refractivity contribution < 1.29 is 31.9 Å². The zero-order valence-electron chi connectivity index (χ0n) is 24.2. The van der Waals surface area contributed by atoms with E-state index in [2.05, 4.69) is 0 Å². The predicted octanol–water partition coefficient (Wildman–Crippen LogP) is 5.48. The van der Waals surface area contributed by atoms with Crippen molar-refractivity contribution in [1.29, 1.82) is 0 Å². The molecule has 0 aliphatic carbocycles. The normalized spacial score (nSPS) is 18.3. The molecular weight excluding hydrogens is 592 g/mol. The van der Waals surface area contributed by atoms with E-state index in [9.17, 15) is 18.0 Å². The van der Waals surface area contributed by atoms with E-state index >= 15 is 0 Å². The van der Waals surface area contributed by atoms with Crippen molar-refractivity contribution in [2.24, 2.45) is 0 Å². The van der Waals surface area contributed by atoms with Gasteiger partial charge in [0.2, 0.25) is 10.0 Å². The third-order valence-corrected chi connectivity index (χ3v) is 9.60. The topological polar surface area (TPSA) is 106 Å². The van der Waals surface area contributed by atoms with E-state index < -0.39 is 16.0 Å². The summed E-state index contributed by atoms with van der Waals surface area (Å²) in [6.07, 6.45) is 3.15. The molecule has 3 aromatic rings. The third-order valence-electron chi connectivity index (χ3n) is 7.54. The van der Waals surface area contributed by atoms with Crippen LogP contribution in [0.3, 0.4) is 0 Å². The molecule has 1 atom stereocenters. The Kier molecular flexibility index (Phi) is 9.22. The average molecular weight is 625 g/mol. The fraction of sp³-hybridized carbons (Fsp3) is 0.312. The fourth-order valence-corrected chi connectivity index (χ4v) is 6.71. The van der Waals surface area contributed by atoms with Crippen LogP contribution in [0.5, 0.6) is 0 Å². The number of rotatable bonds is 10. The van der Waals surface area contributed by atoms with Gasteiger partial charge >= 0.3 is 5.97 Å². The van der Waals surface area contributed by atoms with E-state index in [1.165, 1.54) is 41.8 Å². The lowest BCUT2D eigenvalue weighted by Gasteiger charge is -2.21. The Balaban J connectivity index is 1.44. The summed E-state index contributed by atoms with van der Waals surface area (Å²) in [5.41, 5.74) is 2.67. The molecule has 1 aromatic heterocycles. The summed E-state index contributed by atoms with van der Waals surface area (Å²) < 4.78 is 45.5. The molecule has 1 saturated heterocycles. The Hall–Kier alpha value is -3.70. The Morgan fingerprint density at radius 3 is 2.44 bits per heavy atom. The lowest BCUT2D eigenvalue weighted by atomic mass is 10.1. The molecule has 0 radical (unpaired) electrons. The number of furan rings is 1. The summed E-state index contributed by atoms with van der Waals surface area (Å²) in [6.45, 7) is 4.68. The molecule has 11 heteroatoms. The summed E-state index contributed by atoms with van der Waals surface area (Å²) in [7, 11) is -2.67. The molecule has 2 aliphatic heterocycles. The number of benzene rings is 2. The number of halogens is 1. The highest BCUT2D eigenvalue weighted by molar-refractivity contribution is 7.89. The highest BCUT2D eigenvalue weighted by Crippen LogP contribution is 2.33. The van der Waals surface area contributed by atoms with E-state index in [0.29, 0.717) is 35.4 Å². The van der Waals surface area contributed by atoms with Crippen molar-refractivity contribution in [1.82, 2.24) is 9.21 Å². The van der Waals surface area contributed by atoms with Crippen molar-refractivity contribution in [3.8, 4) is 0 Å². The Morgan fingerprint density at radius 2 is 1.79 bits per heavy atom. The van der Waals surface area contributed by atoms with Crippen LogP contribution in [0.2, 0.25) is 5.02 Å². The van der Waals surface area contributed by atoms with Crippen LogP contribution in [0.4, 0.5) is 0 Å². The van der Waals surface area contributed by atoms with Gasteiger partial charge in [0.15, 0.2) is 0 Å². The zero-order valence-corrected chi connectivity index (χ0v) is 25.8. The standard InChI is InChI=1S/C32H33ClN2O7S/c1-21-6-8-23(9-7-21)18-34(43(38,39)28-14-10-24(33)11-15-28)19-27-13-12-25(42-27)17-29-30(32(37)40-3)22(2)35(31(29)36)20-26-5-4-16-41-26/h6-15,17,26H,4-5,16,18-20H2,1-3H3/b29-17+/t26-/m0/s1. The van der Waals surface area contributed by atoms with Crippen molar-refractivity contribution in [3.63, 3.8) is 0 Å². The second-order valence-corrected chi connectivity index (χ2v) is 13.0. The van der Waals surface area contributed by atoms with Crippen LogP contribution < -0.4 is 0 Å². The number of hydrogen-bond donors (Lipinski definition) is 0. The number of nitrogens with zero attached hydrogens (tertiary/aromatic N) is 2. The largest absolute Gasteiger partial charge is 0.465 e.